The van der Waals surface area contributed by atoms with Gasteiger partial charge < -0.3 is 0 Å². The summed E-state index contributed by atoms with van der Waals surface area (Å²) in [4.78, 5) is 4.94. The maximum Gasteiger partial charge on any atom is 0.0788 e. The predicted octanol–water partition coefficient (Wildman–Crippen LogP) is 6.21. The molecule has 0 aliphatic heterocycles. The van der Waals surface area contributed by atoms with Crippen molar-refractivity contribution in [3.8, 4) is 11.1 Å². The lowest BCUT2D eigenvalue weighted by Gasteiger charge is -2.11. The van der Waals surface area contributed by atoms with Gasteiger partial charge in [0.15, 0.2) is 0 Å². The first-order valence-electron chi connectivity index (χ1n) is 8.17. The Morgan fingerprint density at radius 3 is 2.12 bits per heavy atom. The number of aromatic nitrogens is 1. The van der Waals surface area contributed by atoms with Crippen LogP contribution >= 0.6 is 0 Å². The van der Waals surface area contributed by atoms with E-state index in [1.54, 1.807) is 0 Å². The van der Waals surface area contributed by atoms with Crippen molar-refractivity contribution in [1.29, 1.82) is 0 Å². The average molecular weight is 305 g/mol. The van der Waals surface area contributed by atoms with Gasteiger partial charge in [-0.25, -0.2) is 4.98 Å². The van der Waals surface area contributed by atoms with Crippen molar-refractivity contribution in [1.82, 2.24) is 4.98 Å². The minimum absolute atomic E-state index is 1.04. The molecule has 112 valence electrons. The Labute approximate surface area is 140 Å². The molecule has 0 unspecified atom stereocenters. The van der Waals surface area contributed by atoms with E-state index in [4.69, 9.17) is 4.98 Å². The van der Waals surface area contributed by atoms with E-state index in [2.05, 4.69) is 84.9 Å². The predicted molar refractivity (Wildman–Crippen MR) is 102 cm³/mol. The molecule has 1 nitrogen and oxygen atoms in total. The fraction of sp³-hybridized carbons (Fsp3) is 0. The third-order valence-corrected chi connectivity index (χ3v) is 4.61. The Kier molecular flexibility index (Phi) is 2.86. The van der Waals surface area contributed by atoms with E-state index < -0.39 is 0 Å². The van der Waals surface area contributed by atoms with Gasteiger partial charge in [0, 0.05) is 16.2 Å². The normalized spacial score (nSPS) is 11.3. The molecule has 0 aliphatic rings. The van der Waals surface area contributed by atoms with Crippen LogP contribution in [0.4, 0.5) is 0 Å². The summed E-state index contributed by atoms with van der Waals surface area (Å²) in [6.45, 7) is 0. The fourth-order valence-corrected chi connectivity index (χ4v) is 3.47. The molecule has 1 heterocycles. The van der Waals surface area contributed by atoms with Crippen molar-refractivity contribution in [2.24, 2.45) is 0 Å². The van der Waals surface area contributed by atoms with Crippen LogP contribution in [0.5, 0.6) is 0 Å². The third kappa shape index (κ3) is 1.99. The molecule has 5 aromatic rings. The Morgan fingerprint density at radius 1 is 0.542 bits per heavy atom. The number of pyridine rings is 1. The van der Waals surface area contributed by atoms with E-state index in [1.165, 1.54) is 32.7 Å². The first-order valence-corrected chi connectivity index (χ1v) is 8.17. The first kappa shape index (κ1) is 13.3. The van der Waals surface area contributed by atoms with Gasteiger partial charge in [-0.15, -0.1) is 0 Å². The molecule has 0 saturated heterocycles. The summed E-state index contributed by atoms with van der Waals surface area (Å²) in [6.07, 6.45) is 0. The molecular formula is C23H15N. The molecule has 24 heavy (non-hydrogen) atoms. The second-order valence-corrected chi connectivity index (χ2v) is 6.09. The molecule has 0 amide bonds. The summed E-state index contributed by atoms with van der Waals surface area (Å²) >= 11 is 0. The monoisotopic (exact) mass is 305 g/mol. The van der Waals surface area contributed by atoms with Crippen molar-refractivity contribution in [3.63, 3.8) is 0 Å². The maximum atomic E-state index is 4.94. The molecule has 0 N–H and O–H groups in total. The molecule has 4 aromatic carbocycles. The number of hydrogen-bond acceptors (Lipinski definition) is 1. The van der Waals surface area contributed by atoms with Crippen molar-refractivity contribution < 1.29 is 0 Å². The Morgan fingerprint density at radius 2 is 1.25 bits per heavy atom. The van der Waals surface area contributed by atoms with E-state index in [9.17, 15) is 0 Å². The first-order chi connectivity index (χ1) is 11.9. The van der Waals surface area contributed by atoms with Crippen LogP contribution in [0.1, 0.15) is 0 Å². The van der Waals surface area contributed by atoms with E-state index in [-0.39, 0.29) is 0 Å². The van der Waals surface area contributed by atoms with E-state index in [0.717, 1.165) is 11.0 Å². The fourth-order valence-electron chi connectivity index (χ4n) is 3.47. The molecule has 0 aliphatic carbocycles. The maximum absolute atomic E-state index is 4.94. The van der Waals surface area contributed by atoms with Gasteiger partial charge in [-0.1, -0.05) is 72.8 Å². The molecule has 1 aromatic heterocycles. The van der Waals surface area contributed by atoms with E-state index >= 15 is 0 Å². The number of nitrogens with zero attached hydrogens (tertiary/aromatic N) is 1. The van der Waals surface area contributed by atoms with Gasteiger partial charge in [-0.2, -0.15) is 0 Å². The van der Waals surface area contributed by atoms with Crippen LogP contribution in [0.2, 0.25) is 0 Å². The largest absolute Gasteiger partial charge is 0.247 e. The minimum Gasteiger partial charge on any atom is -0.247 e. The van der Waals surface area contributed by atoms with Gasteiger partial charge in [0.05, 0.1) is 11.0 Å². The molecule has 1 heteroatoms. The van der Waals surface area contributed by atoms with Crippen LogP contribution in [0.3, 0.4) is 0 Å². The Bertz CT molecular complexity index is 1190. The highest BCUT2D eigenvalue weighted by Gasteiger charge is 2.10. The van der Waals surface area contributed by atoms with Crippen LogP contribution in [-0.4, -0.2) is 4.98 Å². The van der Waals surface area contributed by atoms with E-state index in [1.807, 2.05) is 6.07 Å². The van der Waals surface area contributed by atoms with Gasteiger partial charge in [0.25, 0.3) is 0 Å². The Hall–Kier alpha value is -3.19. The van der Waals surface area contributed by atoms with Crippen LogP contribution in [-0.2, 0) is 0 Å². The lowest BCUT2D eigenvalue weighted by atomic mass is 9.95. The topological polar surface area (TPSA) is 12.9 Å². The van der Waals surface area contributed by atoms with Crippen molar-refractivity contribution >= 4 is 32.6 Å². The van der Waals surface area contributed by atoms with Gasteiger partial charge in [-0.05, 0) is 34.7 Å². The summed E-state index contributed by atoms with van der Waals surface area (Å²) in [7, 11) is 0. The SMILES string of the molecule is c1ccc(-c2cc3cc4ccccc4nc3c3ccccc23)cc1. The van der Waals surface area contributed by atoms with Gasteiger partial charge in [0.1, 0.15) is 0 Å². The zero-order valence-electron chi connectivity index (χ0n) is 13.1. The van der Waals surface area contributed by atoms with Crippen LogP contribution in [0, 0.1) is 0 Å². The van der Waals surface area contributed by atoms with Crippen molar-refractivity contribution in [3.05, 3.63) is 91.0 Å². The molecule has 0 atom stereocenters. The molecule has 0 saturated carbocycles. The third-order valence-electron chi connectivity index (χ3n) is 4.61. The molecule has 5 rings (SSSR count). The van der Waals surface area contributed by atoms with Crippen LogP contribution in [0.15, 0.2) is 91.0 Å². The van der Waals surface area contributed by atoms with E-state index in [0.29, 0.717) is 0 Å². The van der Waals surface area contributed by atoms with Crippen LogP contribution < -0.4 is 0 Å². The number of para-hydroxylation sites is 1. The van der Waals surface area contributed by atoms with Gasteiger partial charge >= 0.3 is 0 Å². The highest BCUT2D eigenvalue weighted by molar-refractivity contribution is 6.14. The van der Waals surface area contributed by atoms with Crippen molar-refractivity contribution in [2.45, 2.75) is 0 Å². The number of fused-ring (bicyclic) bond motifs is 4. The lowest BCUT2D eigenvalue weighted by Crippen LogP contribution is -1.88. The molecule has 0 spiro atoms. The highest BCUT2D eigenvalue weighted by atomic mass is 14.7. The summed E-state index contributed by atoms with van der Waals surface area (Å²) in [5.41, 5.74) is 4.62. The standard InChI is InChI=1S/C23H15N/c1-2-8-16(9-3-1)21-15-18-14-17-10-4-7-13-22(17)24-23(18)20-12-6-5-11-19(20)21/h1-15H. The quantitative estimate of drug-likeness (QED) is 0.265. The van der Waals surface area contributed by atoms with Crippen LogP contribution in [0.25, 0.3) is 43.7 Å². The average Bonchev–Trinajstić information content (AvgIpc) is 2.66. The zero-order chi connectivity index (χ0) is 15.9. The smallest absolute Gasteiger partial charge is 0.0788 e. The highest BCUT2D eigenvalue weighted by Crippen LogP contribution is 2.35. The molecule has 0 radical (unpaired) electrons. The number of hydrogen-bond donors (Lipinski definition) is 0. The lowest BCUT2D eigenvalue weighted by molar-refractivity contribution is 1.51. The van der Waals surface area contributed by atoms with Crippen molar-refractivity contribution in [2.75, 3.05) is 0 Å². The summed E-state index contributed by atoms with van der Waals surface area (Å²) in [5, 5.41) is 4.82. The summed E-state index contributed by atoms with van der Waals surface area (Å²) in [5.74, 6) is 0. The minimum atomic E-state index is 1.04. The second-order valence-electron chi connectivity index (χ2n) is 6.09. The molecule has 0 fully saturated rings. The zero-order valence-corrected chi connectivity index (χ0v) is 13.1. The number of rotatable bonds is 1. The number of benzene rings is 4. The molecular weight excluding hydrogens is 290 g/mol. The Balaban J connectivity index is 1.97. The molecule has 0 bridgehead atoms. The second kappa shape index (κ2) is 5.17. The summed E-state index contributed by atoms with van der Waals surface area (Å²) in [6, 6.07) is 32.0. The van der Waals surface area contributed by atoms with Gasteiger partial charge in [-0.3, -0.25) is 0 Å². The van der Waals surface area contributed by atoms with Gasteiger partial charge in [0.2, 0.25) is 0 Å². The summed E-state index contributed by atoms with van der Waals surface area (Å²) < 4.78 is 0.